The number of rotatable bonds is 3. The Balaban J connectivity index is 0.000000344. The van der Waals surface area contributed by atoms with E-state index in [-0.39, 0.29) is 22.6 Å². The summed E-state index contributed by atoms with van der Waals surface area (Å²) in [5, 5.41) is 8.87. The van der Waals surface area contributed by atoms with Crippen molar-refractivity contribution in [2.45, 2.75) is 0 Å². The van der Waals surface area contributed by atoms with Crippen molar-refractivity contribution in [3.8, 4) is 5.75 Å². The van der Waals surface area contributed by atoms with E-state index >= 15 is 0 Å². The first-order chi connectivity index (χ1) is 10.2. The summed E-state index contributed by atoms with van der Waals surface area (Å²) in [6, 6.07) is 4.87. The van der Waals surface area contributed by atoms with Crippen molar-refractivity contribution in [3.05, 3.63) is 93.0 Å². The van der Waals surface area contributed by atoms with Crippen molar-refractivity contribution in [3.63, 3.8) is 0 Å². The summed E-state index contributed by atoms with van der Waals surface area (Å²) < 4.78 is 5.20. The summed E-state index contributed by atoms with van der Waals surface area (Å²) in [4.78, 5) is 10.8. The third-order valence-electron chi connectivity index (χ3n) is 2.98. The standard InChI is InChI=1S/C13H11O3.C5H5.Fe/c1-16-12-8-10(13(14)15)6-7-11(12)9-4-2-3-5-9;1-2-4-5-3-1;/h2-8H,1H3,(H,14,15);1-5H;/q;;+2. The molecule has 112 valence electrons. The van der Waals surface area contributed by atoms with Crippen molar-refractivity contribution < 1.29 is 31.7 Å². The molecule has 0 aromatic heterocycles. The fourth-order valence-corrected chi connectivity index (χ4v) is 1.94. The summed E-state index contributed by atoms with van der Waals surface area (Å²) in [5.74, 6) is 0.646. The number of hydrogen-bond acceptors (Lipinski definition) is 2. The molecule has 0 saturated heterocycles. The monoisotopic (exact) mass is 336 g/mol. The van der Waals surface area contributed by atoms with Crippen LogP contribution in [0.1, 0.15) is 15.9 Å². The molecular formula is C18H16FeO3+2. The molecule has 2 aliphatic rings. The van der Waals surface area contributed by atoms with Crippen molar-refractivity contribution >= 4 is 5.97 Å². The maximum absolute atomic E-state index is 10.8. The van der Waals surface area contributed by atoms with Crippen LogP contribution in [0.5, 0.6) is 5.75 Å². The minimum absolute atomic E-state index is 0. The van der Waals surface area contributed by atoms with Crippen LogP contribution < -0.4 is 4.74 Å². The molecule has 2 saturated carbocycles. The summed E-state index contributed by atoms with van der Waals surface area (Å²) in [7, 11) is 1.54. The van der Waals surface area contributed by atoms with E-state index in [4.69, 9.17) is 9.84 Å². The Morgan fingerprint density at radius 1 is 0.955 bits per heavy atom. The van der Waals surface area contributed by atoms with Gasteiger partial charge in [0.05, 0.1) is 12.7 Å². The van der Waals surface area contributed by atoms with Gasteiger partial charge in [-0.3, -0.25) is 0 Å². The van der Waals surface area contributed by atoms with Gasteiger partial charge in [0.15, 0.2) is 0 Å². The summed E-state index contributed by atoms with van der Waals surface area (Å²) >= 11 is 0. The van der Waals surface area contributed by atoms with Crippen LogP contribution in [0.2, 0.25) is 0 Å². The van der Waals surface area contributed by atoms with E-state index < -0.39 is 5.97 Å². The quantitative estimate of drug-likeness (QED) is 0.863. The summed E-state index contributed by atoms with van der Waals surface area (Å²) in [6.45, 7) is 0. The third-order valence-corrected chi connectivity index (χ3v) is 2.98. The fourth-order valence-electron chi connectivity index (χ4n) is 1.94. The van der Waals surface area contributed by atoms with Gasteiger partial charge in [-0.2, -0.15) is 0 Å². The van der Waals surface area contributed by atoms with Crippen molar-refractivity contribution in [1.29, 1.82) is 0 Å². The molecule has 0 heterocycles. The van der Waals surface area contributed by atoms with Gasteiger partial charge >= 0.3 is 23.0 Å². The van der Waals surface area contributed by atoms with E-state index in [9.17, 15) is 4.79 Å². The Kier molecular flexibility index (Phi) is 8.59. The topological polar surface area (TPSA) is 46.5 Å². The van der Waals surface area contributed by atoms with E-state index in [0.717, 1.165) is 11.5 Å². The molecule has 0 spiro atoms. The third kappa shape index (κ3) is 5.33. The fraction of sp³-hybridized carbons (Fsp3) is 0.0556. The van der Waals surface area contributed by atoms with Gasteiger partial charge < -0.3 is 9.84 Å². The molecule has 0 unspecified atom stereocenters. The Bertz CT molecular complexity index is 456. The number of methoxy groups -OCH3 is 1. The Labute approximate surface area is 143 Å². The summed E-state index contributed by atoms with van der Waals surface area (Å²) in [5.41, 5.74) is 1.13. The van der Waals surface area contributed by atoms with Crippen LogP contribution in [0, 0.1) is 63.7 Å². The molecule has 3 rings (SSSR count). The molecule has 3 nitrogen and oxygen atoms in total. The molecule has 0 atom stereocenters. The predicted octanol–water partition coefficient (Wildman–Crippen LogP) is 3.17. The van der Waals surface area contributed by atoms with Gasteiger partial charge in [-0.15, -0.1) is 0 Å². The number of benzene rings is 1. The van der Waals surface area contributed by atoms with Crippen LogP contribution >= 0.6 is 0 Å². The van der Waals surface area contributed by atoms with E-state index in [0.29, 0.717) is 5.75 Å². The zero-order valence-electron chi connectivity index (χ0n) is 12.0. The van der Waals surface area contributed by atoms with E-state index in [2.05, 4.69) is 0 Å². The number of carbonyl (C=O) groups is 1. The molecule has 0 bridgehead atoms. The largest absolute Gasteiger partial charge is 2.00 e. The second-order valence-corrected chi connectivity index (χ2v) is 4.36. The van der Waals surface area contributed by atoms with Gasteiger partial charge in [-0.25, -0.2) is 4.79 Å². The SMILES string of the molecule is COc1cc(C(=O)O)ccc1[C]1[CH][CH][CH][CH]1.[CH]1[CH][CH][CH][CH]1.[Fe+2]. The first-order valence-corrected chi connectivity index (χ1v) is 6.52. The van der Waals surface area contributed by atoms with Gasteiger partial charge in [0.25, 0.3) is 0 Å². The molecule has 2 aliphatic carbocycles. The predicted molar refractivity (Wildman–Crippen MR) is 81.0 cm³/mol. The van der Waals surface area contributed by atoms with E-state index in [1.54, 1.807) is 12.1 Å². The average Bonchev–Trinajstić information content (AvgIpc) is 3.22. The Morgan fingerprint density at radius 3 is 1.95 bits per heavy atom. The van der Waals surface area contributed by atoms with Gasteiger partial charge in [-0.05, 0) is 69.9 Å². The molecule has 4 heteroatoms. The van der Waals surface area contributed by atoms with Gasteiger partial charge in [0.2, 0.25) is 0 Å². The molecule has 1 aromatic rings. The van der Waals surface area contributed by atoms with Crippen LogP contribution in [0.15, 0.2) is 18.2 Å². The molecule has 1 aromatic carbocycles. The number of aromatic carboxylic acids is 1. The van der Waals surface area contributed by atoms with Gasteiger partial charge in [0.1, 0.15) is 5.75 Å². The van der Waals surface area contributed by atoms with Crippen LogP contribution in [-0.2, 0) is 17.1 Å². The maximum Gasteiger partial charge on any atom is 2.00 e. The van der Waals surface area contributed by atoms with Crippen LogP contribution in [-0.4, -0.2) is 18.2 Å². The van der Waals surface area contributed by atoms with Crippen molar-refractivity contribution in [2.75, 3.05) is 7.11 Å². The second-order valence-electron chi connectivity index (χ2n) is 4.36. The molecule has 0 amide bonds. The van der Waals surface area contributed by atoms with Crippen molar-refractivity contribution in [1.82, 2.24) is 0 Å². The average molecular weight is 336 g/mol. The van der Waals surface area contributed by atoms with Gasteiger partial charge in [-0.1, -0.05) is 6.07 Å². The minimum atomic E-state index is -0.952. The zero-order chi connectivity index (χ0) is 15.1. The Hall–Kier alpha value is -0.991. The van der Waals surface area contributed by atoms with Crippen molar-refractivity contribution in [2.24, 2.45) is 0 Å². The molecule has 0 aliphatic heterocycles. The van der Waals surface area contributed by atoms with E-state index in [1.807, 2.05) is 57.8 Å². The minimum Gasteiger partial charge on any atom is -0.496 e. The molecule has 10 radical (unpaired) electrons. The van der Waals surface area contributed by atoms with E-state index in [1.165, 1.54) is 13.2 Å². The summed E-state index contributed by atoms with van der Waals surface area (Å²) in [6.07, 6.45) is 17.8. The number of carboxylic acids is 1. The smallest absolute Gasteiger partial charge is 0.496 e. The zero-order valence-corrected chi connectivity index (χ0v) is 13.1. The molecule has 1 N–H and O–H groups in total. The first-order valence-electron chi connectivity index (χ1n) is 6.52. The Morgan fingerprint density at radius 2 is 1.50 bits per heavy atom. The number of carboxylic acid groups (broad SMARTS) is 1. The maximum atomic E-state index is 10.8. The van der Waals surface area contributed by atoms with Crippen LogP contribution in [0.4, 0.5) is 0 Å². The van der Waals surface area contributed by atoms with Crippen LogP contribution in [0.3, 0.4) is 0 Å². The first kappa shape index (κ1) is 19.1. The molecule has 2 fully saturated rings. The number of ether oxygens (including phenoxy) is 1. The molecule has 22 heavy (non-hydrogen) atoms. The number of hydrogen-bond donors (Lipinski definition) is 1. The van der Waals surface area contributed by atoms with Gasteiger partial charge in [0, 0.05) is 11.5 Å². The molecular weight excluding hydrogens is 320 g/mol. The normalized spacial score (nSPS) is 17.3. The van der Waals surface area contributed by atoms with Crippen LogP contribution in [0.25, 0.3) is 0 Å². The second kappa shape index (κ2) is 9.91.